The number of benzene rings is 1. The van der Waals surface area contributed by atoms with Crippen LogP contribution in [0.15, 0.2) is 23.1 Å². The topological polar surface area (TPSA) is 50.5 Å². The molecule has 0 saturated heterocycles. The standard InChI is InChI=1S/C14H23NOS.C7H14N2.C3H5F3.C2H6/c1-10(2)17-11-7-8-13(16)12(9-11)15(6)14(3,4)5;1-9(2)7-5-3-4-6-8;1-2-3(4,5)6;1-2/h7-10,16H,1-6H3;3-5,7H2,1-2H3;2H2,1H3;1-2H3. The molecule has 1 rings (SSSR count). The molecule has 0 aromatic heterocycles. The maximum atomic E-state index is 10.8. The van der Waals surface area contributed by atoms with Gasteiger partial charge in [0.15, 0.2) is 0 Å². The van der Waals surface area contributed by atoms with Crippen LogP contribution in [0.1, 0.15) is 81.1 Å². The zero-order valence-electron chi connectivity index (χ0n) is 23.2. The number of hydrogen-bond acceptors (Lipinski definition) is 5. The molecule has 8 heteroatoms. The van der Waals surface area contributed by atoms with E-state index in [4.69, 9.17) is 5.26 Å². The number of nitrogens with zero attached hydrogens (tertiary/aromatic N) is 3. The van der Waals surface area contributed by atoms with E-state index in [1.54, 1.807) is 6.07 Å². The highest BCUT2D eigenvalue weighted by Gasteiger charge is 2.22. The molecular formula is C26H48F3N3OS. The van der Waals surface area contributed by atoms with Crippen LogP contribution in [0.3, 0.4) is 0 Å². The maximum Gasteiger partial charge on any atom is 0.388 e. The lowest BCUT2D eigenvalue weighted by molar-refractivity contribution is -0.130. The van der Waals surface area contributed by atoms with Crippen LogP contribution in [-0.2, 0) is 0 Å². The Morgan fingerprint density at radius 1 is 1.06 bits per heavy atom. The first-order valence-corrected chi connectivity index (χ1v) is 12.7. The van der Waals surface area contributed by atoms with Crippen molar-refractivity contribution in [2.45, 2.75) is 103 Å². The lowest BCUT2D eigenvalue weighted by Gasteiger charge is -2.34. The first-order valence-electron chi connectivity index (χ1n) is 11.9. The predicted octanol–water partition coefficient (Wildman–Crippen LogP) is 8.35. The van der Waals surface area contributed by atoms with Crippen molar-refractivity contribution in [3.05, 3.63) is 18.2 Å². The van der Waals surface area contributed by atoms with Gasteiger partial charge < -0.3 is 14.9 Å². The molecule has 0 heterocycles. The third-order valence-corrected chi connectivity index (χ3v) is 5.23. The van der Waals surface area contributed by atoms with E-state index in [-0.39, 0.29) is 5.54 Å². The van der Waals surface area contributed by atoms with E-state index in [0.717, 1.165) is 32.0 Å². The second-order valence-electron chi connectivity index (χ2n) is 8.93. The second-order valence-corrected chi connectivity index (χ2v) is 10.6. The van der Waals surface area contributed by atoms with Crippen LogP contribution in [0.2, 0.25) is 0 Å². The number of phenolic OH excluding ortho intramolecular Hbond substituents is 1. The summed E-state index contributed by atoms with van der Waals surface area (Å²) in [6.07, 6.45) is -1.81. The molecule has 4 nitrogen and oxygen atoms in total. The monoisotopic (exact) mass is 507 g/mol. The fraction of sp³-hybridized carbons (Fsp3) is 0.731. The van der Waals surface area contributed by atoms with E-state index < -0.39 is 12.6 Å². The van der Waals surface area contributed by atoms with Gasteiger partial charge in [0.05, 0.1) is 11.8 Å². The highest BCUT2D eigenvalue weighted by molar-refractivity contribution is 7.99. The van der Waals surface area contributed by atoms with Gasteiger partial charge in [0.1, 0.15) is 5.75 Å². The Hall–Kier alpha value is -1.59. The summed E-state index contributed by atoms with van der Waals surface area (Å²) in [4.78, 5) is 5.44. The quantitative estimate of drug-likeness (QED) is 0.297. The Morgan fingerprint density at radius 3 is 1.91 bits per heavy atom. The second kappa shape index (κ2) is 19.7. The molecule has 1 aromatic rings. The summed E-state index contributed by atoms with van der Waals surface area (Å²) in [5.41, 5.74) is 0.890. The lowest BCUT2D eigenvalue weighted by Crippen LogP contribution is -2.38. The van der Waals surface area contributed by atoms with Gasteiger partial charge in [-0.2, -0.15) is 18.4 Å². The highest BCUT2D eigenvalue weighted by atomic mass is 32.2. The highest BCUT2D eigenvalue weighted by Crippen LogP contribution is 2.35. The van der Waals surface area contributed by atoms with Crippen LogP contribution in [-0.4, -0.2) is 54.7 Å². The summed E-state index contributed by atoms with van der Waals surface area (Å²) in [6, 6.07) is 7.94. The maximum absolute atomic E-state index is 10.8. The molecule has 1 N–H and O–H groups in total. The number of halogens is 3. The van der Waals surface area contributed by atoms with Crippen LogP contribution in [0.5, 0.6) is 5.75 Å². The van der Waals surface area contributed by atoms with Crippen molar-refractivity contribution in [1.29, 1.82) is 5.26 Å². The van der Waals surface area contributed by atoms with Gasteiger partial charge in [-0.25, -0.2) is 0 Å². The van der Waals surface area contributed by atoms with Crippen LogP contribution < -0.4 is 4.90 Å². The first kappa shape index (κ1) is 37.0. The average Bonchev–Trinajstić information content (AvgIpc) is 2.73. The van der Waals surface area contributed by atoms with E-state index in [0.29, 0.717) is 17.4 Å². The Labute approximate surface area is 211 Å². The van der Waals surface area contributed by atoms with E-state index in [1.807, 2.05) is 52.8 Å². The third-order valence-electron chi connectivity index (χ3n) is 4.23. The number of unbranched alkanes of at least 4 members (excludes halogenated alkanes) is 2. The minimum Gasteiger partial charge on any atom is -0.506 e. The van der Waals surface area contributed by atoms with Crippen LogP contribution >= 0.6 is 11.8 Å². The van der Waals surface area contributed by atoms with Crippen LogP contribution in [0.4, 0.5) is 18.9 Å². The number of nitriles is 1. The molecule has 0 aliphatic rings. The fourth-order valence-electron chi connectivity index (χ4n) is 2.11. The van der Waals surface area contributed by atoms with Crippen molar-refractivity contribution >= 4 is 17.4 Å². The SMILES string of the molecule is CC.CC(C)Sc1ccc(O)c(N(C)C(C)(C)C)c1.CCC(F)(F)F.CN(C)CCCCC#N. The zero-order valence-corrected chi connectivity index (χ0v) is 24.0. The number of phenols is 1. The summed E-state index contributed by atoms with van der Waals surface area (Å²) >= 11 is 1.81. The van der Waals surface area contributed by atoms with E-state index in [1.165, 1.54) is 4.90 Å². The molecule has 34 heavy (non-hydrogen) atoms. The van der Waals surface area contributed by atoms with Crippen molar-refractivity contribution in [2.75, 3.05) is 32.6 Å². The Kier molecular flexibility index (Phi) is 21.4. The first-order chi connectivity index (χ1) is 15.5. The molecule has 0 spiro atoms. The van der Waals surface area contributed by atoms with Crippen LogP contribution in [0, 0.1) is 11.3 Å². The van der Waals surface area contributed by atoms with Crippen molar-refractivity contribution in [3.8, 4) is 11.8 Å². The minimum atomic E-state index is -3.96. The molecule has 0 unspecified atom stereocenters. The molecule has 0 fully saturated rings. The third kappa shape index (κ3) is 22.2. The number of rotatable bonds is 7. The number of thioether (sulfide) groups is 1. The van der Waals surface area contributed by atoms with Crippen molar-refractivity contribution in [2.24, 2.45) is 0 Å². The molecule has 200 valence electrons. The van der Waals surface area contributed by atoms with E-state index >= 15 is 0 Å². The molecular weight excluding hydrogens is 459 g/mol. The average molecular weight is 508 g/mol. The zero-order chi connectivity index (χ0) is 27.5. The Morgan fingerprint density at radius 2 is 1.56 bits per heavy atom. The normalized spacial score (nSPS) is 10.8. The number of aromatic hydroxyl groups is 1. The number of hydrogen-bond donors (Lipinski definition) is 1. The molecule has 0 aliphatic heterocycles. The molecule has 0 bridgehead atoms. The predicted molar refractivity (Wildman–Crippen MR) is 143 cm³/mol. The fourth-order valence-corrected chi connectivity index (χ4v) is 2.98. The van der Waals surface area contributed by atoms with E-state index in [9.17, 15) is 18.3 Å². The summed E-state index contributed by atoms with van der Waals surface area (Å²) in [7, 11) is 6.11. The smallest absolute Gasteiger partial charge is 0.388 e. The largest absolute Gasteiger partial charge is 0.506 e. The molecule has 0 radical (unpaired) electrons. The lowest BCUT2D eigenvalue weighted by atomic mass is 10.1. The van der Waals surface area contributed by atoms with Gasteiger partial charge in [0.25, 0.3) is 0 Å². The molecule has 0 atom stereocenters. The Bertz CT molecular complexity index is 667. The van der Waals surface area contributed by atoms with Gasteiger partial charge in [-0.1, -0.05) is 34.6 Å². The Balaban J connectivity index is -0.000000474. The van der Waals surface area contributed by atoms with Gasteiger partial charge in [-0.05, 0) is 72.5 Å². The summed E-state index contributed by atoms with van der Waals surface area (Å²) in [5, 5.41) is 18.7. The van der Waals surface area contributed by atoms with Gasteiger partial charge >= 0.3 is 6.18 Å². The van der Waals surface area contributed by atoms with Crippen LogP contribution in [0.25, 0.3) is 0 Å². The number of alkyl halides is 3. The number of anilines is 1. The van der Waals surface area contributed by atoms with E-state index in [2.05, 4.69) is 56.6 Å². The summed E-state index contributed by atoms with van der Waals surface area (Å²) < 4.78 is 32.4. The molecule has 1 aromatic carbocycles. The molecule has 0 aliphatic carbocycles. The van der Waals surface area contributed by atoms with Crippen molar-refractivity contribution < 1.29 is 18.3 Å². The van der Waals surface area contributed by atoms with Crippen molar-refractivity contribution in [1.82, 2.24) is 4.90 Å². The van der Waals surface area contributed by atoms with Gasteiger partial charge in [-0.3, -0.25) is 0 Å². The molecule has 0 saturated carbocycles. The van der Waals surface area contributed by atoms with Crippen molar-refractivity contribution in [3.63, 3.8) is 0 Å². The summed E-state index contributed by atoms with van der Waals surface area (Å²) in [5.74, 6) is 0.343. The van der Waals surface area contributed by atoms with Gasteiger partial charge in [0.2, 0.25) is 0 Å². The summed E-state index contributed by atoms with van der Waals surface area (Å²) in [6.45, 7) is 16.9. The van der Waals surface area contributed by atoms with Gasteiger partial charge in [0, 0.05) is 35.6 Å². The molecule has 0 amide bonds. The van der Waals surface area contributed by atoms with Gasteiger partial charge in [-0.15, -0.1) is 11.8 Å². The minimum absolute atomic E-state index is 0.00139.